The largest absolute Gasteiger partial charge is 0.383 e. The van der Waals surface area contributed by atoms with Crippen molar-refractivity contribution in [3.8, 4) is 0 Å². The topological polar surface area (TPSA) is 195 Å². The summed E-state index contributed by atoms with van der Waals surface area (Å²) in [5.74, 6) is -5.42. The zero-order valence-electron chi connectivity index (χ0n) is 33.0. The van der Waals surface area contributed by atoms with Crippen LogP contribution in [0.4, 0.5) is 21.5 Å². The van der Waals surface area contributed by atoms with Crippen LogP contribution >= 0.6 is 23.2 Å². The van der Waals surface area contributed by atoms with Crippen LogP contribution < -0.4 is 31.9 Å². The molecule has 4 heterocycles. The molecule has 318 valence electrons. The summed E-state index contributed by atoms with van der Waals surface area (Å²) in [5.41, 5.74) is 0.239. The van der Waals surface area contributed by atoms with E-state index < -0.39 is 70.2 Å². The number of piperidine rings is 1. The van der Waals surface area contributed by atoms with Gasteiger partial charge in [0.25, 0.3) is 17.7 Å². The maximum atomic E-state index is 16.2. The van der Waals surface area contributed by atoms with E-state index in [1.807, 2.05) is 0 Å². The molecule has 0 radical (unpaired) electrons. The number of nitrogens with zero attached hydrogens (tertiary/aromatic N) is 1. The van der Waals surface area contributed by atoms with Gasteiger partial charge in [-0.25, -0.2) is 4.39 Å². The summed E-state index contributed by atoms with van der Waals surface area (Å²) < 4.78 is 16.2. The first-order valence-electron chi connectivity index (χ1n) is 20.5. The van der Waals surface area contributed by atoms with Gasteiger partial charge in [-0.15, -0.1) is 0 Å². The zero-order valence-corrected chi connectivity index (χ0v) is 34.6. The summed E-state index contributed by atoms with van der Waals surface area (Å²) in [6, 6.07) is 18.6. The fourth-order valence-corrected chi connectivity index (χ4v) is 10.6. The molecule has 4 aromatic carbocycles. The molecule has 0 aromatic heterocycles. The van der Waals surface area contributed by atoms with E-state index in [0.717, 1.165) is 24.2 Å². The number of rotatable bonds is 9. The Hall–Kier alpha value is -6.16. The number of benzene rings is 4. The average Bonchev–Trinajstić information content (AvgIpc) is 3.81. The number of nitrogens with one attached hydrogen (secondary N) is 6. The molecular weight excluding hydrogens is 840 g/mol. The van der Waals surface area contributed by atoms with Crippen LogP contribution in [0, 0.1) is 5.82 Å². The Balaban J connectivity index is 0.894. The Bertz CT molecular complexity index is 2600. The summed E-state index contributed by atoms with van der Waals surface area (Å²) in [4.78, 5) is 93.9. The van der Waals surface area contributed by atoms with Gasteiger partial charge < -0.3 is 21.3 Å². The van der Waals surface area contributed by atoms with Crippen molar-refractivity contribution in [1.82, 2.24) is 20.9 Å². The first-order chi connectivity index (χ1) is 29.8. The molecular formula is C45H40Cl2FN7O7. The molecule has 0 bridgehead atoms. The van der Waals surface area contributed by atoms with Gasteiger partial charge in [0.2, 0.25) is 23.6 Å². The average molecular weight is 881 g/mol. The van der Waals surface area contributed by atoms with Gasteiger partial charge in [0, 0.05) is 58.6 Å². The predicted octanol–water partition coefficient (Wildman–Crippen LogP) is 5.66. The Kier molecular flexibility index (Phi) is 10.6. The zero-order chi connectivity index (χ0) is 43.5. The number of carbonyl (C=O) groups is 7. The third-order valence-electron chi connectivity index (χ3n) is 12.9. The lowest BCUT2D eigenvalue weighted by atomic mass is 9.55. The molecule has 1 aliphatic carbocycles. The van der Waals surface area contributed by atoms with Gasteiger partial charge in [-0.1, -0.05) is 66.7 Å². The lowest BCUT2D eigenvalue weighted by molar-refractivity contribution is -0.136. The maximum absolute atomic E-state index is 16.2. The van der Waals surface area contributed by atoms with Crippen molar-refractivity contribution in [3.63, 3.8) is 0 Å². The molecule has 9 rings (SSSR count). The van der Waals surface area contributed by atoms with Crippen molar-refractivity contribution in [1.29, 1.82) is 0 Å². The summed E-state index contributed by atoms with van der Waals surface area (Å²) in [6.45, 7) is 0.304. The second-order valence-electron chi connectivity index (χ2n) is 16.3. The second-order valence-corrected chi connectivity index (χ2v) is 17.1. The highest BCUT2D eigenvalue weighted by atomic mass is 35.5. The van der Waals surface area contributed by atoms with Crippen molar-refractivity contribution in [2.24, 2.45) is 0 Å². The van der Waals surface area contributed by atoms with Crippen molar-refractivity contribution in [3.05, 3.63) is 123 Å². The summed E-state index contributed by atoms with van der Waals surface area (Å²) in [5, 5.41) is 17.9. The number of hydrogen-bond donors (Lipinski definition) is 6. The number of carbonyl (C=O) groups excluding carboxylic acids is 7. The van der Waals surface area contributed by atoms with E-state index in [9.17, 15) is 33.6 Å². The lowest BCUT2D eigenvalue weighted by Gasteiger charge is -2.47. The monoisotopic (exact) mass is 879 g/mol. The molecule has 4 aliphatic heterocycles. The molecule has 1 saturated carbocycles. The van der Waals surface area contributed by atoms with Crippen LogP contribution in [0.5, 0.6) is 0 Å². The minimum absolute atomic E-state index is 0.00631. The van der Waals surface area contributed by atoms with Crippen LogP contribution in [-0.4, -0.2) is 77.0 Å². The molecule has 6 N–H and O–H groups in total. The molecule has 14 nitrogen and oxygen atoms in total. The number of imide groups is 2. The number of anilines is 3. The Morgan fingerprint density at radius 1 is 0.855 bits per heavy atom. The van der Waals surface area contributed by atoms with Gasteiger partial charge in [-0.2, -0.15) is 0 Å². The fraction of sp³-hybridized carbons (Fsp3) is 0.311. The summed E-state index contributed by atoms with van der Waals surface area (Å²) in [7, 11) is 0. The minimum atomic E-state index is -1.39. The SMILES string of the molecule is O=C1CCC(N2C(=O)c3cccc(NCCNC(=O)c4ccc(NC(=O)[C@@H]5NC6(CCCCC6)[C@@]6(C(=O)Nc7cc(Cl)ccc76)[C@H]5c5cccc(Cl)c5F)cc4)c3C2=O)C(=O)N1. The Morgan fingerprint density at radius 2 is 1.61 bits per heavy atom. The smallest absolute Gasteiger partial charge is 0.264 e. The number of hydrogen-bond acceptors (Lipinski definition) is 9. The van der Waals surface area contributed by atoms with E-state index in [2.05, 4.69) is 31.9 Å². The van der Waals surface area contributed by atoms with Crippen LogP contribution in [0.15, 0.2) is 78.9 Å². The predicted molar refractivity (Wildman–Crippen MR) is 228 cm³/mol. The third-order valence-corrected chi connectivity index (χ3v) is 13.4. The van der Waals surface area contributed by atoms with Crippen LogP contribution in [0.25, 0.3) is 0 Å². The van der Waals surface area contributed by atoms with E-state index in [1.165, 1.54) is 12.1 Å². The highest BCUT2D eigenvalue weighted by molar-refractivity contribution is 6.31. The molecule has 62 heavy (non-hydrogen) atoms. The summed E-state index contributed by atoms with van der Waals surface area (Å²) in [6.07, 6.45) is 3.72. The standard InChI is InChI=1S/C45H40Cl2FN7O7/c46-24-12-15-28-31(22-24)52-43(62)45(28)35(27-7-4-8-29(47)36(27)48)37(54-44(45)18-2-1-3-19-44)40(59)51-25-13-10-23(11-14-25)38(57)50-21-20-49-30-9-5-6-26-34(30)42(61)55(41(26)60)32-16-17-33(56)53-39(32)58/h4-15,22,32,35,37,49,54H,1-3,16-21H2,(H,50,57)(H,51,59)(H,52,62)(H,53,56,58)/t32?,35-,37+,45+/m0/s1. The van der Waals surface area contributed by atoms with Gasteiger partial charge >= 0.3 is 0 Å². The number of fused-ring (bicyclic) bond motifs is 4. The quantitative estimate of drug-likeness (QED) is 0.0909. The van der Waals surface area contributed by atoms with Crippen LogP contribution in [0.1, 0.15) is 93.1 Å². The van der Waals surface area contributed by atoms with Gasteiger partial charge in [0.1, 0.15) is 17.3 Å². The molecule has 17 heteroatoms. The minimum Gasteiger partial charge on any atom is -0.383 e. The van der Waals surface area contributed by atoms with Crippen LogP contribution in [0.2, 0.25) is 10.0 Å². The maximum Gasteiger partial charge on any atom is 0.264 e. The first-order valence-corrected chi connectivity index (χ1v) is 21.2. The van der Waals surface area contributed by atoms with Gasteiger partial charge in [0.05, 0.1) is 22.2 Å². The lowest BCUT2D eigenvalue weighted by Crippen LogP contribution is -2.60. The van der Waals surface area contributed by atoms with Crippen molar-refractivity contribution >= 4 is 81.6 Å². The Labute approximate surface area is 364 Å². The van der Waals surface area contributed by atoms with E-state index in [1.54, 1.807) is 66.7 Å². The van der Waals surface area contributed by atoms with Crippen molar-refractivity contribution < 1.29 is 38.0 Å². The van der Waals surface area contributed by atoms with E-state index in [0.29, 0.717) is 46.1 Å². The van der Waals surface area contributed by atoms with E-state index in [-0.39, 0.29) is 53.6 Å². The van der Waals surface area contributed by atoms with Gasteiger partial charge in [-0.3, -0.25) is 49.1 Å². The molecule has 2 spiro atoms. The van der Waals surface area contributed by atoms with E-state index in [4.69, 9.17) is 23.2 Å². The van der Waals surface area contributed by atoms with Crippen molar-refractivity contribution in [2.45, 2.75) is 73.9 Å². The highest BCUT2D eigenvalue weighted by Crippen LogP contribution is 2.63. The molecule has 4 atom stereocenters. The molecule has 3 fully saturated rings. The highest BCUT2D eigenvalue weighted by Gasteiger charge is 2.72. The number of halogens is 3. The summed E-state index contributed by atoms with van der Waals surface area (Å²) >= 11 is 12.7. The Morgan fingerprint density at radius 3 is 2.37 bits per heavy atom. The molecule has 1 unspecified atom stereocenters. The molecule has 5 aliphatic rings. The van der Waals surface area contributed by atoms with Crippen molar-refractivity contribution in [2.75, 3.05) is 29.0 Å². The van der Waals surface area contributed by atoms with Crippen LogP contribution in [-0.2, 0) is 24.6 Å². The molecule has 4 aromatic rings. The number of amides is 7. The second kappa shape index (κ2) is 15.9. The van der Waals surface area contributed by atoms with Crippen LogP contribution in [0.3, 0.4) is 0 Å². The fourth-order valence-electron chi connectivity index (χ4n) is 10.3. The molecule has 7 amide bonds. The first kappa shape index (κ1) is 41.2. The molecule has 2 saturated heterocycles. The normalized spacial score (nSPS) is 23.6. The van der Waals surface area contributed by atoms with Gasteiger partial charge in [0.15, 0.2) is 0 Å². The third kappa shape index (κ3) is 6.61. The van der Waals surface area contributed by atoms with Gasteiger partial charge in [-0.05, 0) is 85.0 Å². The van der Waals surface area contributed by atoms with E-state index >= 15 is 4.39 Å².